The number of benzene rings is 1. The van der Waals surface area contributed by atoms with Gasteiger partial charge in [0.25, 0.3) is 0 Å². The molecule has 1 rings (SSSR count). The van der Waals surface area contributed by atoms with Crippen LogP contribution in [0.1, 0.15) is 18.5 Å². The Morgan fingerprint density at radius 3 is 2.00 bits per heavy atom. The molecule has 0 aliphatic heterocycles. The highest BCUT2D eigenvalue weighted by Crippen LogP contribution is 2.27. The minimum Gasteiger partial charge on any atom is -0.497 e. The highest BCUT2D eigenvalue weighted by molar-refractivity contribution is 5.40. The first-order valence-corrected chi connectivity index (χ1v) is 4.30. The van der Waals surface area contributed by atoms with E-state index in [0.29, 0.717) is 0 Å². The number of methoxy groups -OCH3 is 2. The third-order valence-corrected chi connectivity index (χ3v) is 2.05. The van der Waals surface area contributed by atoms with E-state index in [1.807, 2.05) is 19.1 Å². The van der Waals surface area contributed by atoms with Crippen LogP contribution in [0.25, 0.3) is 4.85 Å². The molecular formula is C11H13NO2. The van der Waals surface area contributed by atoms with Gasteiger partial charge in [0.05, 0.1) is 14.2 Å². The second kappa shape index (κ2) is 4.52. The van der Waals surface area contributed by atoms with E-state index in [0.717, 1.165) is 17.1 Å². The quantitative estimate of drug-likeness (QED) is 0.685. The average molecular weight is 191 g/mol. The van der Waals surface area contributed by atoms with Gasteiger partial charge in [-0.25, -0.2) is 6.57 Å². The van der Waals surface area contributed by atoms with E-state index >= 15 is 0 Å². The van der Waals surface area contributed by atoms with Gasteiger partial charge < -0.3 is 14.3 Å². The first-order chi connectivity index (χ1) is 6.71. The second-order valence-electron chi connectivity index (χ2n) is 2.95. The Labute approximate surface area is 84.1 Å². The van der Waals surface area contributed by atoms with Gasteiger partial charge in [-0.2, -0.15) is 0 Å². The average Bonchev–Trinajstić information content (AvgIpc) is 2.27. The lowest BCUT2D eigenvalue weighted by Gasteiger charge is -2.07. The number of rotatable bonds is 3. The Morgan fingerprint density at radius 2 is 1.64 bits per heavy atom. The van der Waals surface area contributed by atoms with Crippen molar-refractivity contribution in [2.24, 2.45) is 0 Å². The monoisotopic (exact) mass is 191 g/mol. The molecule has 0 aromatic heterocycles. The van der Waals surface area contributed by atoms with Gasteiger partial charge in [0.15, 0.2) is 0 Å². The Hall–Kier alpha value is -1.69. The van der Waals surface area contributed by atoms with Crippen LogP contribution in [0.5, 0.6) is 11.5 Å². The maximum absolute atomic E-state index is 6.94. The van der Waals surface area contributed by atoms with Crippen LogP contribution in [0, 0.1) is 6.57 Å². The van der Waals surface area contributed by atoms with E-state index in [-0.39, 0.29) is 6.04 Å². The third-order valence-electron chi connectivity index (χ3n) is 2.05. The molecule has 0 saturated carbocycles. The SMILES string of the molecule is [C-]#[N+]C(C)c1cc(OC)cc(OC)c1. The van der Waals surface area contributed by atoms with Gasteiger partial charge in [0.2, 0.25) is 6.04 Å². The van der Waals surface area contributed by atoms with Gasteiger partial charge in [-0.3, -0.25) is 0 Å². The highest BCUT2D eigenvalue weighted by Gasteiger charge is 2.11. The van der Waals surface area contributed by atoms with Crippen molar-refractivity contribution in [2.75, 3.05) is 14.2 Å². The van der Waals surface area contributed by atoms with Crippen molar-refractivity contribution in [3.8, 4) is 11.5 Å². The predicted molar refractivity (Wildman–Crippen MR) is 54.6 cm³/mol. The molecule has 1 unspecified atom stereocenters. The molecular weight excluding hydrogens is 178 g/mol. The zero-order valence-electron chi connectivity index (χ0n) is 8.57. The maximum atomic E-state index is 6.94. The number of ether oxygens (including phenoxy) is 2. The van der Waals surface area contributed by atoms with Crippen molar-refractivity contribution in [1.29, 1.82) is 0 Å². The summed E-state index contributed by atoms with van der Waals surface area (Å²) in [5, 5.41) is 0. The molecule has 0 fully saturated rings. The van der Waals surface area contributed by atoms with Crippen molar-refractivity contribution in [2.45, 2.75) is 13.0 Å². The van der Waals surface area contributed by atoms with Gasteiger partial charge in [-0.05, 0) is 12.1 Å². The van der Waals surface area contributed by atoms with Crippen LogP contribution in [0.4, 0.5) is 0 Å². The van der Waals surface area contributed by atoms with Gasteiger partial charge in [0, 0.05) is 18.6 Å². The first kappa shape index (κ1) is 10.4. The smallest absolute Gasteiger partial charge is 0.246 e. The van der Waals surface area contributed by atoms with Crippen molar-refractivity contribution in [3.63, 3.8) is 0 Å². The van der Waals surface area contributed by atoms with Crippen LogP contribution in [-0.2, 0) is 0 Å². The van der Waals surface area contributed by atoms with E-state index in [2.05, 4.69) is 4.85 Å². The lowest BCUT2D eigenvalue weighted by atomic mass is 10.1. The zero-order chi connectivity index (χ0) is 10.6. The van der Waals surface area contributed by atoms with Crippen molar-refractivity contribution in [1.82, 2.24) is 0 Å². The van der Waals surface area contributed by atoms with Crippen molar-refractivity contribution < 1.29 is 9.47 Å². The molecule has 0 amide bonds. The summed E-state index contributed by atoms with van der Waals surface area (Å²) >= 11 is 0. The van der Waals surface area contributed by atoms with Crippen LogP contribution in [0.15, 0.2) is 18.2 Å². The second-order valence-corrected chi connectivity index (χ2v) is 2.95. The fraction of sp³-hybridized carbons (Fsp3) is 0.364. The van der Waals surface area contributed by atoms with Gasteiger partial charge >= 0.3 is 0 Å². The molecule has 0 bridgehead atoms. The first-order valence-electron chi connectivity index (χ1n) is 4.30. The van der Waals surface area contributed by atoms with Gasteiger partial charge in [-0.1, -0.05) is 0 Å². The molecule has 0 saturated heterocycles. The lowest BCUT2D eigenvalue weighted by Crippen LogP contribution is -1.92. The maximum Gasteiger partial charge on any atom is 0.246 e. The highest BCUT2D eigenvalue weighted by atomic mass is 16.5. The third kappa shape index (κ3) is 2.17. The van der Waals surface area contributed by atoms with Crippen molar-refractivity contribution >= 4 is 0 Å². The Kier molecular flexibility index (Phi) is 3.35. The zero-order valence-corrected chi connectivity index (χ0v) is 8.57. The van der Waals surface area contributed by atoms with Crippen LogP contribution >= 0.6 is 0 Å². The minimum absolute atomic E-state index is 0.168. The molecule has 0 spiro atoms. The number of hydrogen-bond acceptors (Lipinski definition) is 2. The molecule has 14 heavy (non-hydrogen) atoms. The topological polar surface area (TPSA) is 22.8 Å². The fourth-order valence-corrected chi connectivity index (χ4v) is 1.15. The normalized spacial score (nSPS) is 11.6. The van der Waals surface area contributed by atoms with Gasteiger partial charge in [-0.15, -0.1) is 0 Å². The summed E-state index contributed by atoms with van der Waals surface area (Å²) in [4.78, 5) is 3.45. The summed E-state index contributed by atoms with van der Waals surface area (Å²) in [7, 11) is 3.20. The molecule has 3 heteroatoms. The van der Waals surface area contributed by atoms with Crippen LogP contribution < -0.4 is 9.47 Å². The predicted octanol–water partition coefficient (Wildman–Crippen LogP) is 2.68. The number of hydrogen-bond donors (Lipinski definition) is 0. The summed E-state index contributed by atoms with van der Waals surface area (Å²) in [5.41, 5.74) is 0.913. The summed E-state index contributed by atoms with van der Waals surface area (Å²) in [6.45, 7) is 8.79. The van der Waals surface area contributed by atoms with E-state index < -0.39 is 0 Å². The van der Waals surface area contributed by atoms with Crippen molar-refractivity contribution in [3.05, 3.63) is 35.2 Å². The molecule has 0 heterocycles. The standard InChI is InChI=1S/C11H13NO2/c1-8(12-2)9-5-10(13-3)7-11(6-9)14-4/h5-8H,1,3-4H3. The molecule has 1 aromatic rings. The number of nitrogens with zero attached hydrogens (tertiary/aromatic N) is 1. The summed E-state index contributed by atoms with van der Waals surface area (Å²) in [5.74, 6) is 1.43. The van der Waals surface area contributed by atoms with Gasteiger partial charge in [0.1, 0.15) is 11.5 Å². The van der Waals surface area contributed by atoms with Crippen LogP contribution in [0.3, 0.4) is 0 Å². The molecule has 74 valence electrons. The van der Waals surface area contributed by atoms with Crippen LogP contribution in [-0.4, -0.2) is 14.2 Å². The largest absolute Gasteiger partial charge is 0.497 e. The molecule has 0 aliphatic rings. The van der Waals surface area contributed by atoms with E-state index in [9.17, 15) is 0 Å². The van der Waals surface area contributed by atoms with E-state index in [1.54, 1.807) is 20.3 Å². The molecule has 0 N–H and O–H groups in total. The van der Waals surface area contributed by atoms with E-state index in [4.69, 9.17) is 16.0 Å². The Balaban J connectivity index is 3.12. The Morgan fingerprint density at radius 1 is 1.14 bits per heavy atom. The lowest BCUT2D eigenvalue weighted by molar-refractivity contribution is 0.393. The Bertz CT molecular complexity index is 333. The van der Waals surface area contributed by atoms with Crippen LogP contribution in [0.2, 0.25) is 0 Å². The minimum atomic E-state index is -0.168. The molecule has 1 aromatic carbocycles. The summed E-state index contributed by atoms with van der Waals surface area (Å²) in [6, 6.07) is 5.33. The summed E-state index contributed by atoms with van der Waals surface area (Å²) in [6.07, 6.45) is 0. The van der Waals surface area contributed by atoms with E-state index in [1.165, 1.54) is 0 Å². The fourth-order valence-electron chi connectivity index (χ4n) is 1.15. The molecule has 1 atom stereocenters. The molecule has 3 nitrogen and oxygen atoms in total. The summed E-state index contributed by atoms with van der Waals surface area (Å²) < 4.78 is 10.2. The molecule has 0 aliphatic carbocycles. The molecule has 0 radical (unpaired) electrons.